The minimum atomic E-state index is 0.959. The molecule has 0 N–H and O–H groups in total. The highest BCUT2D eigenvalue weighted by atomic mass is 15.0. The van der Waals surface area contributed by atoms with Gasteiger partial charge in [-0.25, -0.2) is 4.98 Å². The van der Waals surface area contributed by atoms with Crippen molar-refractivity contribution < 1.29 is 0 Å². The van der Waals surface area contributed by atoms with Gasteiger partial charge >= 0.3 is 0 Å². The van der Waals surface area contributed by atoms with Crippen molar-refractivity contribution >= 4 is 23.2 Å². The first-order chi connectivity index (χ1) is 12.2. The van der Waals surface area contributed by atoms with E-state index in [1.807, 2.05) is 6.07 Å². The highest BCUT2D eigenvalue weighted by Crippen LogP contribution is 2.25. The predicted octanol–water partition coefficient (Wildman–Crippen LogP) is 5.72. The van der Waals surface area contributed by atoms with E-state index in [4.69, 9.17) is 4.98 Å². The van der Waals surface area contributed by atoms with Crippen LogP contribution in [0.5, 0.6) is 0 Å². The number of hydrogen-bond acceptors (Lipinski definition) is 1. The summed E-state index contributed by atoms with van der Waals surface area (Å²) in [5.74, 6) is 0.959. The van der Waals surface area contributed by atoms with Gasteiger partial charge in [-0.2, -0.15) is 0 Å². The predicted molar refractivity (Wildman–Crippen MR) is 106 cm³/mol. The summed E-state index contributed by atoms with van der Waals surface area (Å²) >= 11 is 0. The van der Waals surface area contributed by atoms with Crippen molar-refractivity contribution in [3.63, 3.8) is 0 Å². The van der Waals surface area contributed by atoms with Gasteiger partial charge in [0.2, 0.25) is 0 Å². The smallest absolute Gasteiger partial charge is 0.133 e. The fraction of sp³-hybridized carbons (Fsp3) is 0.0870. The van der Waals surface area contributed by atoms with Crippen molar-refractivity contribution in [2.45, 2.75) is 6.92 Å². The summed E-state index contributed by atoms with van der Waals surface area (Å²) in [6.45, 7) is 2.10. The van der Waals surface area contributed by atoms with Gasteiger partial charge in [-0.15, -0.1) is 0 Å². The van der Waals surface area contributed by atoms with Crippen LogP contribution < -0.4 is 0 Å². The molecule has 0 aliphatic rings. The lowest BCUT2D eigenvalue weighted by atomic mass is 10.1. The second kappa shape index (κ2) is 6.40. The summed E-state index contributed by atoms with van der Waals surface area (Å²) in [6.07, 6.45) is 4.19. The van der Waals surface area contributed by atoms with E-state index in [1.54, 1.807) is 0 Å². The topological polar surface area (TPSA) is 17.8 Å². The summed E-state index contributed by atoms with van der Waals surface area (Å²) in [7, 11) is 2.06. The van der Waals surface area contributed by atoms with Crippen LogP contribution in [-0.2, 0) is 7.05 Å². The van der Waals surface area contributed by atoms with Gasteiger partial charge in [-0.3, -0.25) is 0 Å². The quantitative estimate of drug-likeness (QED) is 0.471. The molecule has 0 aliphatic carbocycles. The van der Waals surface area contributed by atoms with Crippen molar-refractivity contribution in [1.82, 2.24) is 9.55 Å². The number of benzene rings is 3. The van der Waals surface area contributed by atoms with Crippen LogP contribution in [0, 0.1) is 6.92 Å². The van der Waals surface area contributed by atoms with Crippen molar-refractivity contribution in [2.75, 3.05) is 0 Å². The maximum Gasteiger partial charge on any atom is 0.133 e. The zero-order valence-corrected chi connectivity index (χ0v) is 14.5. The van der Waals surface area contributed by atoms with Crippen LogP contribution in [0.3, 0.4) is 0 Å². The molecule has 2 nitrogen and oxygen atoms in total. The number of aromatic nitrogens is 2. The molecule has 0 radical (unpaired) electrons. The molecule has 0 fully saturated rings. The minimum absolute atomic E-state index is 0.959. The molecule has 0 aliphatic heterocycles. The van der Waals surface area contributed by atoms with E-state index in [9.17, 15) is 0 Å². The number of hydrogen-bond donors (Lipinski definition) is 0. The van der Waals surface area contributed by atoms with E-state index in [0.29, 0.717) is 0 Å². The summed E-state index contributed by atoms with van der Waals surface area (Å²) in [5.41, 5.74) is 7.03. The van der Waals surface area contributed by atoms with E-state index in [0.717, 1.165) is 16.9 Å². The van der Waals surface area contributed by atoms with Crippen LogP contribution in [0.15, 0.2) is 72.8 Å². The van der Waals surface area contributed by atoms with E-state index >= 15 is 0 Å². The normalized spacial score (nSPS) is 11.4. The molecule has 25 heavy (non-hydrogen) atoms. The molecule has 1 aromatic heterocycles. The average molecular weight is 324 g/mol. The maximum absolute atomic E-state index is 4.81. The van der Waals surface area contributed by atoms with Crippen LogP contribution >= 0.6 is 0 Å². The molecule has 0 spiro atoms. The molecular formula is C23H20N2. The van der Waals surface area contributed by atoms with Gasteiger partial charge in [0, 0.05) is 7.05 Å². The van der Waals surface area contributed by atoms with Crippen LogP contribution in [0.1, 0.15) is 17.0 Å². The lowest BCUT2D eigenvalue weighted by Crippen LogP contribution is -1.90. The van der Waals surface area contributed by atoms with Crippen molar-refractivity contribution in [1.29, 1.82) is 0 Å². The molecule has 1 heterocycles. The highest BCUT2D eigenvalue weighted by molar-refractivity contribution is 5.84. The van der Waals surface area contributed by atoms with Gasteiger partial charge in [0.15, 0.2) is 0 Å². The fourth-order valence-electron chi connectivity index (χ4n) is 3.03. The number of aryl methyl sites for hydroxylation is 2. The van der Waals surface area contributed by atoms with E-state index in [1.165, 1.54) is 22.3 Å². The molecule has 0 amide bonds. The Morgan fingerprint density at radius 3 is 2.32 bits per heavy atom. The van der Waals surface area contributed by atoms with Crippen LogP contribution in [-0.4, -0.2) is 9.55 Å². The van der Waals surface area contributed by atoms with Crippen molar-refractivity contribution in [2.24, 2.45) is 7.05 Å². The van der Waals surface area contributed by atoms with Gasteiger partial charge in [0.1, 0.15) is 5.82 Å². The molecule has 0 atom stereocenters. The molecule has 3 aromatic carbocycles. The third kappa shape index (κ3) is 3.11. The highest BCUT2D eigenvalue weighted by Gasteiger charge is 2.07. The zero-order chi connectivity index (χ0) is 17.2. The van der Waals surface area contributed by atoms with E-state index in [-0.39, 0.29) is 0 Å². The van der Waals surface area contributed by atoms with Crippen molar-refractivity contribution in [3.05, 3.63) is 89.7 Å². The van der Waals surface area contributed by atoms with Gasteiger partial charge < -0.3 is 4.57 Å². The lowest BCUT2D eigenvalue weighted by molar-refractivity contribution is 0.930. The first-order valence-electron chi connectivity index (χ1n) is 8.47. The molecule has 0 unspecified atom stereocenters. The Bertz CT molecular complexity index is 1040. The standard InChI is InChI=1S/C23H20N2/c1-17-8-10-18(11-9-17)12-15-23-24-21-16-20(13-14-22(21)25(23)2)19-6-4-3-5-7-19/h3-16H,1-2H3. The molecular weight excluding hydrogens is 304 g/mol. The zero-order valence-electron chi connectivity index (χ0n) is 14.5. The number of imidazole rings is 1. The fourth-order valence-corrected chi connectivity index (χ4v) is 3.03. The van der Waals surface area contributed by atoms with Gasteiger partial charge in [0.25, 0.3) is 0 Å². The van der Waals surface area contributed by atoms with E-state index < -0.39 is 0 Å². The summed E-state index contributed by atoms with van der Waals surface area (Å²) in [4.78, 5) is 4.81. The molecule has 2 heteroatoms. The number of rotatable bonds is 3. The molecule has 4 rings (SSSR count). The van der Waals surface area contributed by atoms with Gasteiger partial charge in [-0.1, -0.05) is 72.3 Å². The third-order valence-electron chi connectivity index (χ3n) is 4.52. The lowest BCUT2D eigenvalue weighted by Gasteiger charge is -2.02. The van der Waals surface area contributed by atoms with Gasteiger partial charge in [-0.05, 0) is 41.8 Å². The molecule has 0 saturated carbocycles. The maximum atomic E-state index is 4.81. The third-order valence-corrected chi connectivity index (χ3v) is 4.52. The SMILES string of the molecule is Cc1ccc(C=Cc2nc3cc(-c4ccccc4)ccc3n2C)cc1. The average Bonchev–Trinajstić information content (AvgIpc) is 2.97. The summed E-state index contributed by atoms with van der Waals surface area (Å²) in [6, 6.07) is 25.4. The minimum Gasteiger partial charge on any atom is -0.328 e. The molecule has 122 valence electrons. The summed E-state index contributed by atoms with van der Waals surface area (Å²) < 4.78 is 2.13. The monoisotopic (exact) mass is 324 g/mol. The van der Waals surface area contributed by atoms with E-state index in [2.05, 4.69) is 97.4 Å². The number of nitrogens with zero attached hydrogens (tertiary/aromatic N) is 2. The van der Waals surface area contributed by atoms with Crippen LogP contribution in [0.2, 0.25) is 0 Å². The summed E-state index contributed by atoms with van der Waals surface area (Å²) in [5, 5.41) is 0. The Morgan fingerprint density at radius 1 is 0.800 bits per heavy atom. The Labute approximate surface area is 148 Å². The van der Waals surface area contributed by atoms with Crippen LogP contribution in [0.25, 0.3) is 34.3 Å². The largest absolute Gasteiger partial charge is 0.328 e. The molecule has 4 aromatic rings. The van der Waals surface area contributed by atoms with Crippen LogP contribution in [0.4, 0.5) is 0 Å². The second-order valence-electron chi connectivity index (χ2n) is 6.34. The Morgan fingerprint density at radius 2 is 1.56 bits per heavy atom. The first-order valence-corrected chi connectivity index (χ1v) is 8.47. The van der Waals surface area contributed by atoms with Crippen molar-refractivity contribution in [3.8, 4) is 11.1 Å². The van der Waals surface area contributed by atoms with Gasteiger partial charge in [0.05, 0.1) is 11.0 Å². The second-order valence-corrected chi connectivity index (χ2v) is 6.34. The molecule has 0 saturated heterocycles. The first kappa shape index (κ1) is 15.4. The number of fused-ring (bicyclic) bond motifs is 1. The Balaban J connectivity index is 1.71. The Hall–Kier alpha value is -3.13. The molecule has 0 bridgehead atoms. The Kier molecular flexibility index (Phi) is 3.95.